The molecule has 8 heteroatoms. The van der Waals surface area contributed by atoms with E-state index in [4.69, 9.17) is 9.47 Å². The van der Waals surface area contributed by atoms with Crippen LogP contribution in [-0.4, -0.2) is 47.4 Å². The lowest BCUT2D eigenvalue weighted by atomic mass is 10.1. The van der Waals surface area contributed by atoms with Gasteiger partial charge in [0.05, 0.1) is 26.2 Å². The molecule has 0 fully saturated rings. The SMILES string of the molecule is COc1ccc(OC)c(N(CC(=O)N[C@H](C)CCc2ccccc2)S(C)(=O)=O)c1. The minimum atomic E-state index is -3.72. The van der Waals surface area contributed by atoms with Gasteiger partial charge in [-0.3, -0.25) is 9.10 Å². The highest BCUT2D eigenvalue weighted by molar-refractivity contribution is 7.92. The molecule has 0 bridgehead atoms. The highest BCUT2D eigenvalue weighted by Crippen LogP contribution is 2.33. The van der Waals surface area contributed by atoms with Crippen LogP contribution in [-0.2, 0) is 21.2 Å². The van der Waals surface area contributed by atoms with Crippen molar-refractivity contribution in [3.8, 4) is 11.5 Å². The molecule has 29 heavy (non-hydrogen) atoms. The van der Waals surface area contributed by atoms with Crippen molar-refractivity contribution in [2.45, 2.75) is 25.8 Å². The van der Waals surface area contributed by atoms with Gasteiger partial charge in [-0.15, -0.1) is 0 Å². The van der Waals surface area contributed by atoms with E-state index in [-0.39, 0.29) is 24.2 Å². The summed E-state index contributed by atoms with van der Waals surface area (Å²) < 4.78 is 36.2. The number of rotatable bonds is 10. The fraction of sp³-hybridized carbons (Fsp3) is 0.381. The molecule has 2 aromatic rings. The highest BCUT2D eigenvalue weighted by atomic mass is 32.2. The van der Waals surface area contributed by atoms with Gasteiger partial charge >= 0.3 is 0 Å². The standard InChI is InChI=1S/C21H28N2O5S/c1-16(10-11-17-8-6-5-7-9-17)22-21(24)15-23(29(4,25)26)19-14-18(27-2)12-13-20(19)28-3/h5-9,12-14,16H,10-11,15H2,1-4H3,(H,22,24)/t16-/m1/s1. The fourth-order valence-corrected chi connectivity index (χ4v) is 3.78. The molecule has 1 atom stereocenters. The highest BCUT2D eigenvalue weighted by Gasteiger charge is 2.25. The van der Waals surface area contributed by atoms with Crippen LogP contribution in [0.3, 0.4) is 0 Å². The predicted octanol–water partition coefficient (Wildman–Crippen LogP) is 2.61. The molecule has 0 unspecified atom stereocenters. The normalized spacial score (nSPS) is 12.1. The summed E-state index contributed by atoms with van der Waals surface area (Å²) in [5, 5.41) is 2.87. The first-order valence-corrected chi connectivity index (χ1v) is 11.1. The second-order valence-corrected chi connectivity index (χ2v) is 8.71. The van der Waals surface area contributed by atoms with Crippen LogP contribution in [0.25, 0.3) is 0 Å². The molecule has 2 rings (SSSR count). The predicted molar refractivity (Wildman–Crippen MR) is 114 cm³/mol. The lowest BCUT2D eigenvalue weighted by Crippen LogP contribution is -2.43. The van der Waals surface area contributed by atoms with Crippen molar-refractivity contribution in [3.05, 3.63) is 54.1 Å². The van der Waals surface area contributed by atoms with Crippen molar-refractivity contribution in [1.29, 1.82) is 0 Å². The molecule has 0 saturated carbocycles. The number of carbonyl (C=O) groups excluding carboxylic acids is 1. The second kappa shape index (κ2) is 10.2. The Morgan fingerprint density at radius 2 is 1.79 bits per heavy atom. The number of methoxy groups -OCH3 is 2. The van der Waals surface area contributed by atoms with E-state index in [1.165, 1.54) is 25.8 Å². The van der Waals surface area contributed by atoms with Crippen LogP contribution < -0.4 is 19.1 Å². The summed E-state index contributed by atoms with van der Waals surface area (Å²) in [6.45, 7) is 1.55. The van der Waals surface area contributed by atoms with Gasteiger partial charge in [-0.05, 0) is 37.5 Å². The van der Waals surface area contributed by atoms with Gasteiger partial charge < -0.3 is 14.8 Å². The van der Waals surface area contributed by atoms with Crippen molar-refractivity contribution in [1.82, 2.24) is 5.32 Å². The van der Waals surface area contributed by atoms with Gasteiger partial charge in [0, 0.05) is 12.1 Å². The van der Waals surface area contributed by atoms with Gasteiger partial charge in [-0.2, -0.15) is 0 Å². The third-order valence-corrected chi connectivity index (χ3v) is 5.58. The van der Waals surface area contributed by atoms with Crippen LogP contribution in [0.5, 0.6) is 11.5 Å². The number of hydrogen-bond donors (Lipinski definition) is 1. The Morgan fingerprint density at radius 3 is 2.38 bits per heavy atom. The molecule has 1 N–H and O–H groups in total. The minimum Gasteiger partial charge on any atom is -0.497 e. The molecule has 0 aromatic heterocycles. The van der Waals surface area contributed by atoms with E-state index >= 15 is 0 Å². The summed E-state index contributed by atoms with van der Waals surface area (Å²) in [7, 11) is -0.799. The number of carbonyl (C=O) groups is 1. The lowest BCUT2D eigenvalue weighted by molar-refractivity contribution is -0.120. The number of sulfonamides is 1. The number of aryl methyl sites for hydroxylation is 1. The van der Waals surface area contributed by atoms with Crippen molar-refractivity contribution >= 4 is 21.6 Å². The molecular weight excluding hydrogens is 392 g/mol. The molecule has 0 aliphatic heterocycles. The Labute approximate surface area is 172 Å². The maximum absolute atomic E-state index is 12.6. The van der Waals surface area contributed by atoms with E-state index in [1.807, 2.05) is 37.3 Å². The molecule has 2 aromatic carbocycles. The van der Waals surface area contributed by atoms with Gasteiger partial charge in [-0.25, -0.2) is 8.42 Å². The number of benzene rings is 2. The van der Waals surface area contributed by atoms with Gasteiger partial charge in [0.2, 0.25) is 15.9 Å². The Balaban J connectivity index is 2.09. The van der Waals surface area contributed by atoms with Crippen molar-refractivity contribution in [3.63, 3.8) is 0 Å². The average Bonchev–Trinajstić information content (AvgIpc) is 2.70. The topological polar surface area (TPSA) is 84.9 Å². The van der Waals surface area contributed by atoms with Gasteiger partial charge in [0.25, 0.3) is 0 Å². The van der Waals surface area contributed by atoms with Gasteiger partial charge in [0.15, 0.2) is 0 Å². The summed E-state index contributed by atoms with van der Waals surface area (Å²) in [5.74, 6) is 0.410. The van der Waals surface area contributed by atoms with Gasteiger partial charge in [-0.1, -0.05) is 30.3 Å². The molecule has 0 saturated heterocycles. The second-order valence-electron chi connectivity index (χ2n) is 6.80. The molecule has 0 aliphatic carbocycles. The molecule has 1 amide bonds. The summed E-state index contributed by atoms with van der Waals surface area (Å²) in [4.78, 5) is 12.6. The largest absolute Gasteiger partial charge is 0.497 e. The van der Waals surface area contributed by atoms with Crippen molar-refractivity contribution in [2.24, 2.45) is 0 Å². The monoisotopic (exact) mass is 420 g/mol. The summed E-state index contributed by atoms with van der Waals surface area (Å²) in [5.41, 5.74) is 1.44. The van der Waals surface area contributed by atoms with E-state index in [0.29, 0.717) is 11.5 Å². The fourth-order valence-electron chi connectivity index (χ4n) is 2.92. The van der Waals surface area contributed by atoms with Crippen LogP contribution in [0.4, 0.5) is 5.69 Å². The molecule has 158 valence electrons. The number of nitrogens with zero attached hydrogens (tertiary/aromatic N) is 1. The third-order valence-electron chi connectivity index (χ3n) is 4.46. The van der Waals surface area contributed by atoms with Crippen LogP contribution in [0.1, 0.15) is 18.9 Å². The molecule has 0 aliphatic rings. The Kier molecular flexibility index (Phi) is 7.90. The maximum Gasteiger partial charge on any atom is 0.240 e. The Morgan fingerprint density at radius 1 is 1.10 bits per heavy atom. The van der Waals surface area contributed by atoms with Crippen LogP contribution in [0.15, 0.2) is 48.5 Å². The minimum absolute atomic E-state index is 0.101. The van der Waals surface area contributed by atoms with E-state index < -0.39 is 10.0 Å². The molecule has 0 radical (unpaired) electrons. The third kappa shape index (κ3) is 6.67. The zero-order chi connectivity index (χ0) is 21.4. The number of nitrogens with one attached hydrogen (secondary N) is 1. The summed E-state index contributed by atoms with van der Waals surface area (Å²) in [6, 6.07) is 14.7. The Hall–Kier alpha value is -2.74. The number of hydrogen-bond acceptors (Lipinski definition) is 5. The molecule has 0 heterocycles. The van der Waals surface area contributed by atoms with Crippen LogP contribution >= 0.6 is 0 Å². The molecule has 0 spiro atoms. The number of anilines is 1. The van der Waals surface area contributed by atoms with Crippen LogP contribution in [0, 0.1) is 0 Å². The average molecular weight is 421 g/mol. The van der Waals surface area contributed by atoms with E-state index in [2.05, 4.69) is 5.32 Å². The maximum atomic E-state index is 12.6. The number of amides is 1. The first-order valence-electron chi connectivity index (χ1n) is 9.27. The van der Waals surface area contributed by atoms with Gasteiger partial charge in [0.1, 0.15) is 18.0 Å². The Bertz CT molecular complexity index is 916. The number of ether oxygens (including phenoxy) is 2. The zero-order valence-corrected chi connectivity index (χ0v) is 18.0. The summed E-state index contributed by atoms with van der Waals surface area (Å²) in [6.07, 6.45) is 2.62. The lowest BCUT2D eigenvalue weighted by Gasteiger charge is -2.25. The summed E-state index contributed by atoms with van der Waals surface area (Å²) >= 11 is 0. The molecule has 7 nitrogen and oxygen atoms in total. The van der Waals surface area contributed by atoms with Crippen molar-refractivity contribution < 1.29 is 22.7 Å². The quantitative estimate of drug-likeness (QED) is 0.639. The van der Waals surface area contributed by atoms with E-state index in [9.17, 15) is 13.2 Å². The van der Waals surface area contributed by atoms with E-state index in [0.717, 1.165) is 23.4 Å². The first-order chi connectivity index (χ1) is 13.7. The smallest absolute Gasteiger partial charge is 0.240 e. The van der Waals surface area contributed by atoms with Crippen LogP contribution in [0.2, 0.25) is 0 Å². The molecular formula is C21H28N2O5S. The first kappa shape index (κ1) is 22.5. The zero-order valence-electron chi connectivity index (χ0n) is 17.2. The van der Waals surface area contributed by atoms with E-state index in [1.54, 1.807) is 12.1 Å². The van der Waals surface area contributed by atoms with Crippen molar-refractivity contribution in [2.75, 3.05) is 31.3 Å².